The maximum atomic E-state index is 12.8. The fourth-order valence-electron chi connectivity index (χ4n) is 3.13. The summed E-state index contributed by atoms with van der Waals surface area (Å²) in [4.78, 5) is 19.1. The van der Waals surface area contributed by atoms with E-state index in [0.717, 1.165) is 44.6 Å². The van der Waals surface area contributed by atoms with E-state index in [0.29, 0.717) is 23.3 Å². The number of amides is 1. The van der Waals surface area contributed by atoms with Crippen LogP contribution in [0.2, 0.25) is 0 Å². The summed E-state index contributed by atoms with van der Waals surface area (Å²) >= 11 is 0. The Kier molecular flexibility index (Phi) is 5.30. The minimum Gasteiger partial charge on any atom is -0.431 e. The zero-order valence-corrected chi connectivity index (χ0v) is 14.4. The summed E-state index contributed by atoms with van der Waals surface area (Å²) in [6.45, 7) is 7.57. The fraction of sp³-hybridized carbons (Fsp3) is 0.474. The van der Waals surface area contributed by atoms with Gasteiger partial charge >= 0.3 is 0 Å². The van der Waals surface area contributed by atoms with Gasteiger partial charge in [-0.05, 0) is 50.9 Å². The molecular formula is C19H25N3O2. The highest BCUT2D eigenvalue weighted by atomic mass is 16.4. The van der Waals surface area contributed by atoms with E-state index in [1.807, 2.05) is 42.2 Å². The van der Waals surface area contributed by atoms with Crippen molar-refractivity contribution in [1.82, 2.24) is 15.2 Å². The number of carbonyl (C=O) groups excluding carboxylic acids is 1. The highest BCUT2D eigenvalue weighted by Crippen LogP contribution is 2.24. The molecule has 0 spiro atoms. The Morgan fingerprint density at radius 2 is 2.00 bits per heavy atom. The van der Waals surface area contributed by atoms with Gasteiger partial charge in [-0.2, -0.15) is 0 Å². The summed E-state index contributed by atoms with van der Waals surface area (Å²) in [7, 11) is 0. The number of benzene rings is 1. The molecule has 0 atom stereocenters. The lowest BCUT2D eigenvalue weighted by Gasteiger charge is -2.31. The van der Waals surface area contributed by atoms with Crippen molar-refractivity contribution in [2.45, 2.75) is 26.7 Å². The van der Waals surface area contributed by atoms with Crippen LogP contribution in [0.15, 0.2) is 34.7 Å². The number of likely N-dealkylation sites (tertiary alicyclic amines) is 1. The van der Waals surface area contributed by atoms with E-state index in [1.54, 1.807) is 0 Å². The van der Waals surface area contributed by atoms with Gasteiger partial charge in [0.1, 0.15) is 0 Å². The first-order valence-corrected chi connectivity index (χ1v) is 8.72. The molecule has 0 saturated carbocycles. The molecule has 1 fully saturated rings. The summed E-state index contributed by atoms with van der Waals surface area (Å²) in [6, 6.07) is 9.69. The molecule has 1 aromatic heterocycles. The van der Waals surface area contributed by atoms with Gasteiger partial charge in [0.05, 0.1) is 5.69 Å². The van der Waals surface area contributed by atoms with Gasteiger partial charge in [-0.25, -0.2) is 4.98 Å². The summed E-state index contributed by atoms with van der Waals surface area (Å²) in [6.07, 6.45) is 2.08. The summed E-state index contributed by atoms with van der Waals surface area (Å²) in [5.74, 6) is 1.51. The first kappa shape index (κ1) is 16.7. The van der Waals surface area contributed by atoms with Crippen LogP contribution in [0.25, 0.3) is 11.5 Å². The van der Waals surface area contributed by atoms with Crippen LogP contribution in [-0.4, -0.2) is 42.0 Å². The average molecular weight is 327 g/mol. The van der Waals surface area contributed by atoms with Crippen LogP contribution in [0.5, 0.6) is 0 Å². The molecule has 0 bridgehead atoms. The third kappa shape index (κ3) is 3.67. The SMILES string of the molecule is CCNCC1CCN(C(=O)c2oc(-c3ccccc3)nc2C)CC1. The van der Waals surface area contributed by atoms with Crippen LogP contribution in [0, 0.1) is 12.8 Å². The Morgan fingerprint density at radius 1 is 1.29 bits per heavy atom. The molecular weight excluding hydrogens is 302 g/mol. The standard InChI is InChI=1S/C19H25N3O2/c1-3-20-13-15-9-11-22(12-10-15)19(23)17-14(2)21-18(24-17)16-7-5-4-6-8-16/h4-8,15,20H,3,9-13H2,1-2H3. The third-order valence-electron chi connectivity index (χ3n) is 4.60. The van der Waals surface area contributed by atoms with Crippen molar-refractivity contribution in [2.75, 3.05) is 26.2 Å². The molecule has 0 unspecified atom stereocenters. The first-order valence-electron chi connectivity index (χ1n) is 8.72. The number of piperidine rings is 1. The quantitative estimate of drug-likeness (QED) is 0.917. The molecule has 1 aromatic carbocycles. The Morgan fingerprint density at radius 3 is 2.67 bits per heavy atom. The third-order valence-corrected chi connectivity index (χ3v) is 4.60. The molecule has 0 radical (unpaired) electrons. The summed E-state index contributed by atoms with van der Waals surface area (Å²) in [5.41, 5.74) is 1.55. The summed E-state index contributed by atoms with van der Waals surface area (Å²) in [5, 5.41) is 3.39. The van der Waals surface area contributed by atoms with Gasteiger partial charge in [-0.1, -0.05) is 25.1 Å². The van der Waals surface area contributed by atoms with Crippen molar-refractivity contribution >= 4 is 5.91 Å². The van der Waals surface area contributed by atoms with E-state index >= 15 is 0 Å². The Bertz CT molecular complexity index is 673. The smallest absolute Gasteiger partial charge is 0.291 e. The van der Waals surface area contributed by atoms with Gasteiger partial charge < -0.3 is 14.6 Å². The van der Waals surface area contributed by atoms with Crippen molar-refractivity contribution in [3.63, 3.8) is 0 Å². The number of oxazole rings is 1. The van der Waals surface area contributed by atoms with Crippen LogP contribution in [0.4, 0.5) is 0 Å². The van der Waals surface area contributed by atoms with Crippen LogP contribution in [0.3, 0.4) is 0 Å². The van der Waals surface area contributed by atoms with Crippen molar-refractivity contribution in [3.8, 4) is 11.5 Å². The number of nitrogens with one attached hydrogen (secondary N) is 1. The molecule has 2 aromatic rings. The van der Waals surface area contributed by atoms with Gasteiger partial charge in [-0.3, -0.25) is 4.79 Å². The lowest BCUT2D eigenvalue weighted by atomic mass is 9.96. The fourth-order valence-corrected chi connectivity index (χ4v) is 3.13. The number of aryl methyl sites for hydroxylation is 1. The maximum Gasteiger partial charge on any atom is 0.291 e. The minimum absolute atomic E-state index is 0.0379. The number of hydrogen-bond donors (Lipinski definition) is 1. The zero-order chi connectivity index (χ0) is 16.9. The second-order valence-electron chi connectivity index (χ2n) is 6.34. The zero-order valence-electron chi connectivity index (χ0n) is 14.4. The molecule has 128 valence electrons. The van der Waals surface area contributed by atoms with Gasteiger partial charge in [-0.15, -0.1) is 0 Å². The van der Waals surface area contributed by atoms with E-state index < -0.39 is 0 Å². The Balaban J connectivity index is 1.67. The first-order chi connectivity index (χ1) is 11.7. The van der Waals surface area contributed by atoms with Crippen molar-refractivity contribution in [2.24, 2.45) is 5.92 Å². The van der Waals surface area contributed by atoms with Gasteiger partial charge in [0, 0.05) is 18.7 Å². The number of hydrogen-bond acceptors (Lipinski definition) is 4. The molecule has 1 N–H and O–H groups in total. The topological polar surface area (TPSA) is 58.4 Å². The van der Waals surface area contributed by atoms with Gasteiger partial charge in [0.15, 0.2) is 0 Å². The number of nitrogens with zero attached hydrogens (tertiary/aromatic N) is 2. The molecule has 1 aliphatic rings. The number of aromatic nitrogens is 1. The molecule has 2 heterocycles. The molecule has 5 heteroatoms. The molecule has 5 nitrogen and oxygen atoms in total. The van der Waals surface area contributed by atoms with E-state index in [2.05, 4.69) is 17.2 Å². The van der Waals surface area contributed by atoms with E-state index in [9.17, 15) is 4.79 Å². The van der Waals surface area contributed by atoms with E-state index in [-0.39, 0.29) is 5.91 Å². The van der Waals surface area contributed by atoms with Crippen LogP contribution < -0.4 is 5.32 Å². The van der Waals surface area contributed by atoms with Crippen LogP contribution in [-0.2, 0) is 0 Å². The van der Waals surface area contributed by atoms with Crippen molar-refractivity contribution in [3.05, 3.63) is 41.8 Å². The molecule has 3 rings (SSSR count). The molecule has 24 heavy (non-hydrogen) atoms. The van der Waals surface area contributed by atoms with Gasteiger partial charge in [0.25, 0.3) is 5.91 Å². The predicted molar refractivity (Wildman–Crippen MR) is 93.8 cm³/mol. The lowest BCUT2D eigenvalue weighted by molar-refractivity contribution is 0.0658. The summed E-state index contributed by atoms with van der Waals surface area (Å²) < 4.78 is 5.79. The van der Waals surface area contributed by atoms with E-state index in [1.165, 1.54) is 0 Å². The predicted octanol–water partition coefficient (Wildman–Crippen LogP) is 3.11. The highest BCUT2D eigenvalue weighted by molar-refractivity contribution is 5.93. The maximum absolute atomic E-state index is 12.8. The molecule has 0 aliphatic carbocycles. The van der Waals surface area contributed by atoms with Gasteiger partial charge in [0.2, 0.25) is 11.7 Å². The molecule has 1 amide bonds. The Hall–Kier alpha value is -2.14. The second kappa shape index (κ2) is 7.62. The van der Waals surface area contributed by atoms with Crippen LogP contribution >= 0.6 is 0 Å². The monoisotopic (exact) mass is 327 g/mol. The number of carbonyl (C=O) groups is 1. The largest absolute Gasteiger partial charge is 0.431 e. The molecule has 1 aliphatic heterocycles. The lowest BCUT2D eigenvalue weighted by Crippen LogP contribution is -2.40. The van der Waals surface area contributed by atoms with Crippen LogP contribution in [0.1, 0.15) is 36.0 Å². The minimum atomic E-state index is -0.0379. The van der Waals surface area contributed by atoms with Crippen molar-refractivity contribution in [1.29, 1.82) is 0 Å². The van der Waals surface area contributed by atoms with E-state index in [4.69, 9.17) is 4.42 Å². The molecule has 1 saturated heterocycles. The average Bonchev–Trinajstić information content (AvgIpc) is 3.02. The van der Waals surface area contributed by atoms with Crippen molar-refractivity contribution < 1.29 is 9.21 Å². The second-order valence-corrected chi connectivity index (χ2v) is 6.34. The normalized spacial score (nSPS) is 15.7. The highest BCUT2D eigenvalue weighted by Gasteiger charge is 2.27. The Labute approximate surface area is 143 Å². The number of rotatable bonds is 5.